The van der Waals surface area contributed by atoms with Crippen LogP contribution < -0.4 is 4.90 Å². The van der Waals surface area contributed by atoms with Gasteiger partial charge in [-0.15, -0.1) is 0 Å². The average molecular weight is 358 g/mol. The monoisotopic (exact) mass is 358 g/mol. The van der Waals surface area contributed by atoms with Crippen LogP contribution in [0, 0.1) is 0 Å². The largest absolute Gasteiger partial charge is 0.462 e. The molecule has 0 unspecified atom stereocenters. The van der Waals surface area contributed by atoms with Crippen LogP contribution in [0.25, 0.3) is 0 Å². The zero-order chi connectivity index (χ0) is 18.7. The predicted octanol–water partition coefficient (Wildman–Crippen LogP) is 4.14. The van der Waals surface area contributed by atoms with E-state index in [1.807, 2.05) is 0 Å². The summed E-state index contributed by atoms with van der Waals surface area (Å²) in [5, 5.41) is 0. The number of halogens is 6. The SMILES string of the molecule is CCOC(=O)c1c(N(CC)CC)cc(C(F)(F)F)nc1C(F)(F)F. The van der Waals surface area contributed by atoms with E-state index < -0.39 is 41.0 Å². The van der Waals surface area contributed by atoms with Crippen LogP contribution in [0.5, 0.6) is 0 Å². The van der Waals surface area contributed by atoms with E-state index in [2.05, 4.69) is 9.72 Å². The molecule has 0 spiro atoms. The van der Waals surface area contributed by atoms with Gasteiger partial charge in [-0.1, -0.05) is 0 Å². The molecule has 0 saturated heterocycles. The van der Waals surface area contributed by atoms with Crippen molar-refractivity contribution in [3.05, 3.63) is 23.0 Å². The Morgan fingerprint density at radius 1 is 1.08 bits per heavy atom. The number of esters is 1. The van der Waals surface area contributed by atoms with E-state index in [0.29, 0.717) is 6.07 Å². The summed E-state index contributed by atoms with van der Waals surface area (Å²) in [5.74, 6) is -1.37. The van der Waals surface area contributed by atoms with Gasteiger partial charge in [-0.25, -0.2) is 9.78 Å². The number of pyridine rings is 1. The molecule has 0 fully saturated rings. The summed E-state index contributed by atoms with van der Waals surface area (Å²) in [6.45, 7) is 4.43. The van der Waals surface area contributed by atoms with E-state index in [4.69, 9.17) is 0 Å². The number of anilines is 1. The molecule has 0 bridgehead atoms. The van der Waals surface area contributed by atoms with Crippen molar-refractivity contribution in [1.82, 2.24) is 4.98 Å². The predicted molar refractivity (Wildman–Crippen MR) is 73.8 cm³/mol. The maximum atomic E-state index is 13.2. The molecule has 0 radical (unpaired) electrons. The molecule has 1 heterocycles. The topological polar surface area (TPSA) is 42.4 Å². The van der Waals surface area contributed by atoms with Gasteiger partial charge >= 0.3 is 18.3 Å². The van der Waals surface area contributed by atoms with Crippen molar-refractivity contribution in [2.75, 3.05) is 24.6 Å². The molecular formula is C14H16F6N2O2. The Bertz CT molecular complexity index is 594. The van der Waals surface area contributed by atoms with Gasteiger partial charge < -0.3 is 9.64 Å². The minimum Gasteiger partial charge on any atom is -0.462 e. The Kier molecular flexibility index (Phi) is 6.07. The third-order valence-electron chi connectivity index (χ3n) is 3.14. The number of carbonyl (C=O) groups is 1. The lowest BCUT2D eigenvalue weighted by Gasteiger charge is -2.26. The van der Waals surface area contributed by atoms with Crippen LogP contribution in [0.3, 0.4) is 0 Å². The lowest BCUT2D eigenvalue weighted by molar-refractivity contribution is -0.150. The van der Waals surface area contributed by atoms with Gasteiger partial charge in [0.25, 0.3) is 0 Å². The van der Waals surface area contributed by atoms with Crippen LogP contribution in [-0.4, -0.2) is 30.6 Å². The van der Waals surface area contributed by atoms with Crippen LogP contribution in [0.4, 0.5) is 32.0 Å². The van der Waals surface area contributed by atoms with Gasteiger partial charge in [0.2, 0.25) is 0 Å². The molecule has 1 rings (SSSR count). The highest BCUT2D eigenvalue weighted by Crippen LogP contribution is 2.39. The first-order valence-corrected chi connectivity index (χ1v) is 7.08. The highest BCUT2D eigenvalue weighted by atomic mass is 19.4. The number of rotatable bonds is 5. The maximum absolute atomic E-state index is 13.2. The standard InChI is InChI=1S/C14H16F6N2O2/c1-4-22(5-2)8-7-9(13(15,16)17)21-11(14(18,19)20)10(8)12(23)24-6-3/h7H,4-6H2,1-3H3. The van der Waals surface area contributed by atoms with Crippen molar-refractivity contribution in [1.29, 1.82) is 0 Å². The van der Waals surface area contributed by atoms with Crippen LogP contribution in [-0.2, 0) is 17.1 Å². The van der Waals surface area contributed by atoms with Crippen molar-refractivity contribution in [2.24, 2.45) is 0 Å². The summed E-state index contributed by atoms with van der Waals surface area (Å²) < 4.78 is 83.0. The molecule has 1 aromatic rings. The van der Waals surface area contributed by atoms with Crippen LogP contribution in [0.2, 0.25) is 0 Å². The van der Waals surface area contributed by atoms with Gasteiger partial charge in [0.1, 0.15) is 11.3 Å². The van der Waals surface area contributed by atoms with E-state index in [9.17, 15) is 31.1 Å². The smallest absolute Gasteiger partial charge is 0.434 e. The van der Waals surface area contributed by atoms with Crippen LogP contribution >= 0.6 is 0 Å². The highest BCUT2D eigenvalue weighted by molar-refractivity contribution is 5.97. The fraction of sp³-hybridized carbons (Fsp3) is 0.571. The molecule has 10 heteroatoms. The van der Waals surface area contributed by atoms with E-state index in [0.717, 1.165) is 0 Å². The third kappa shape index (κ3) is 4.30. The molecule has 0 aliphatic carbocycles. The van der Waals surface area contributed by atoms with Gasteiger partial charge in [0.05, 0.1) is 12.3 Å². The molecule has 1 aromatic heterocycles. The molecule has 4 nitrogen and oxygen atoms in total. The fourth-order valence-electron chi connectivity index (χ4n) is 2.10. The number of nitrogens with zero attached hydrogens (tertiary/aromatic N) is 2. The van der Waals surface area contributed by atoms with Crippen molar-refractivity contribution in [3.63, 3.8) is 0 Å². The molecule has 0 aliphatic heterocycles. The Morgan fingerprint density at radius 3 is 2.00 bits per heavy atom. The van der Waals surface area contributed by atoms with Gasteiger partial charge in [0, 0.05) is 13.1 Å². The number of aromatic nitrogens is 1. The van der Waals surface area contributed by atoms with Crippen molar-refractivity contribution in [3.8, 4) is 0 Å². The Morgan fingerprint density at radius 2 is 1.62 bits per heavy atom. The zero-order valence-electron chi connectivity index (χ0n) is 13.2. The van der Waals surface area contributed by atoms with Gasteiger partial charge in [-0.05, 0) is 26.8 Å². The fourth-order valence-corrected chi connectivity index (χ4v) is 2.10. The highest BCUT2D eigenvalue weighted by Gasteiger charge is 2.44. The van der Waals surface area contributed by atoms with Gasteiger partial charge in [-0.3, -0.25) is 0 Å². The second-order valence-electron chi connectivity index (χ2n) is 4.64. The van der Waals surface area contributed by atoms with E-state index in [1.54, 1.807) is 13.8 Å². The lowest BCUT2D eigenvalue weighted by Crippen LogP contribution is -2.29. The van der Waals surface area contributed by atoms with Gasteiger partial charge in [-0.2, -0.15) is 26.3 Å². The normalized spacial score (nSPS) is 12.2. The minimum absolute atomic E-state index is 0.0987. The molecule has 0 atom stereocenters. The number of hydrogen-bond donors (Lipinski definition) is 0. The number of alkyl halides is 6. The van der Waals surface area contributed by atoms with Crippen LogP contribution in [0.15, 0.2) is 6.07 Å². The number of hydrogen-bond acceptors (Lipinski definition) is 4. The first-order valence-electron chi connectivity index (χ1n) is 7.08. The quantitative estimate of drug-likeness (QED) is 0.586. The molecule has 24 heavy (non-hydrogen) atoms. The Balaban J connectivity index is 3.82. The summed E-state index contributed by atoms with van der Waals surface area (Å²) in [5.41, 5.74) is -5.14. The zero-order valence-corrected chi connectivity index (χ0v) is 13.2. The molecule has 136 valence electrons. The molecule has 0 amide bonds. The summed E-state index contributed by atoms with van der Waals surface area (Å²) >= 11 is 0. The molecule has 0 aliphatic rings. The molecular weight excluding hydrogens is 342 g/mol. The summed E-state index contributed by atoms with van der Waals surface area (Å²) in [6.07, 6.45) is -10.3. The third-order valence-corrected chi connectivity index (χ3v) is 3.14. The Hall–Kier alpha value is -2.00. The number of carbonyl (C=O) groups excluding carboxylic acids is 1. The summed E-state index contributed by atoms with van der Waals surface area (Å²) in [6, 6.07) is 0.439. The second-order valence-corrected chi connectivity index (χ2v) is 4.64. The van der Waals surface area contributed by atoms with E-state index in [1.165, 1.54) is 11.8 Å². The number of ether oxygens (including phenoxy) is 1. The first kappa shape index (κ1) is 20.0. The van der Waals surface area contributed by atoms with Crippen molar-refractivity contribution in [2.45, 2.75) is 33.1 Å². The van der Waals surface area contributed by atoms with E-state index in [-0.39, 0.29) is 19.7 Å². The van der Waals surface area contributed by atoms with Crippen molar-refractivity contribution >= 4 is 11.7 Å². The molecule has 0 aromatic carbocycles. The summed E-state index contributed by atoms with van der Waals surface area (Å²) in [7, 11) is 0. The van der Waals surface area contributed by atoms with Crippen LogP contribution in [0.1, 0.15) is 42.5 Å². The van der Waals surface area contributed by atoms with Crippen molar-refractivity contribution < 1.29 is 35.9 Å². The molecule has 0 N–H and O–H groups in total. The second kappa shape index (κ2) is 7.27. The van der Waals surface area contributed by atoms with E-state index >= 15 is 0 Å². The average Bonchev–Trinajstić information content (AvgIpc) is 2.46. The van der Waals surface area contributed by atoms with Gasteiger partial charge in [0.15, 0.2) is 5.69 Å². The Labute approximate surface area is 134 Å². The molecule has 0 saturated carbocycles. The maximum Gasteiger partial charge on any atom is 0.434 e. The lowest BCUT2D eigenvalue weighted by atomic mass is 10.1. The minimum atomic E-state index is -5.24. The first-order chi connectivity index (χ1) is 11.0. The summed E-state index contributed by atoms with van der Waals surface area (Å²) in [4.78, 5) is 15.8.